The molecule has 0 spiro atoms. The van der Waals surface area contributed by atoms with Gasteiger partial charge in [-0.25, -0.2) is 0 Å². The second-order valence-electron chi connectivity index (χ2n) is 7.31. The van der Waals surface area contributed by atoms with E-state index in [9.17, 15) is 9.59 Å². The largest absolute Gasteiger partial charge is 0.362 e. The minimum Gasteiger partial charge on any atom is -0.362 e. The van der Waals surface area contributed by atoms with E-state index in [1.807, 2.05) is 12.3 Å². The van der Waals surface area contributed by atoms with Crippen LogP contribution < -0.4 is 0 Å². The second kappa shape index (κ2) is 8.29. The number of fused-ring (bicyclic) bond motifs is 3. The van der Waals surface area contributed by atoms with Crippen molar-refractivity contribution >= 4 is 45.9 Å². The van der Waals surface area contributed by atoms with Crippen LogP contribution in [0.15, 0.2) is 24.5 Å². The third-order valence-electron chi connectivity index (χ3n) is 5.25. The van der Waals surface area contributed by atoms with E-state index in [0.29, 0.717) is 29.7 Å². The number of H-pyrrole nitrogens is 1. The number of nitrogens with one attached hydrogen (secondary N) is 1. The smallest absolute Gasteiger partial charge is 0.249 e. The minimum atomic E-state index is -0.185. The number of ether oxygens (including phenoxy) is 1. The van der Waals surface area contributed by atoms with Gasteiger partial charge in [0.05, 0.1) is 28.3 Å². The third-order valence-corrected chi connectivity index (χ3v) is 6.04. The summed E-state index contributed by atoms with van der Waals surface area (Å²) in [6.45, 7) is 1.21. The van der Waals surface area contributed by atoms with E-state index in [1.54, 1.807) is 31.3 Å². The van der Waals surface area contributed by atoms with E-state index in [-0.39, 0.29) is 25.0 Å². The van der Waals surface area contributed by atoms with Crippen molar-refractivity contribution in [3.63, 3.8) is 0 Å². The van der Waals surface area contributed by atoms with Gasteiger partial charge in [-0.05, 0) is 6.07 Å². The highest BCUT2D eigenvalue weighted by atomic mass is 35.5. The number of rotatable bonds is 5. The average Bonchev–Trinajstić information content (AvgIpc) is 3.35. The Labute approximate surface area is 183 Å². The summed E-state index contributed by atoms with van der Waals surface area (Å²) in [6, 6.07) is 3.72. The number of nitrogens with zero attached hydrogens (tertiary/aromatic N) is 4. The number of aromatic amines is 1. The molecule has 2 aromatic heterocycles. The van der Waals surface area contributed by atoms with Crippen LogP contribution in [0, 0.1) is 0 Å². The summed E-state index contributed by atoms with van der Waals surface area (Å²) >= 11 is 12.8. The van der Waals surface area contributed by atoms with Gasteiger partial charge in [-0.3, -0.25) is 14.7 Å². The van der Waals surface area contributed by atoms with Crippen molar-refractivity contribution in [2.75, 3.05) is 33.9 Å². The van der Waals surface area contributed by atoms with Gasteiger partial charge in [0, 0.05) is 55.6 Å². The predicted molar refractivity (Wildman–Crippen MR) is 114 cm³/mol. The number of carbonyl (C=O) groups excluding carboxylic acids is 2. The molecule has 10 heteroatoms. The first-order chi connectivity index (χ1) is 14.4. The third kappa shape index (κ3) is 3.66. The topological polar surface area (TPSA) is 83.5 Å². The van der Waals surface area contributed by atoms with Crippen molar-refractivity contribution in [2.45, 2.75) is 13.1 Å². The second-order valence-corrected chi connectivity index (χ2v) is 8.10. The Balaban J connectivity index is 1.64. The number of benzene rings is 1. The molecule has 0 fully saturated rings. The normalized spacial score (nSPS) is 13.5. The number of hydrogen-bond acceptors (Lipinski definition) is 4. The maximum atomic E-state index is 12.7. The summed E-state index contributed by atoms with van der Waals surface area (Å²) < 4.78 is 7.43. The quantitative estimate of drug-likeness (QED) is 0.648. The molecular formula is C20H21Cl2N5O3. The Bertz CT molecular complexity index is 1110. The summed E-state index contributed by atoms with van der Waals surface area (Å²) in [5.41, 5.74) is 3.70. The van der Waals surface area contributed by atoms with Crippen LogP contribution in [0.1, 0.15) is 5.69 Å². The molecule has 4 rings (SSSR count). The summed E-state index contributed by atoms with van der Waals surface area (Å²) in [6.07, 6.45) is 3.56. The highest BCUT2D eigenvalue weighted by molar-refractivity contribution is 6.45. The van der Waals surface area contributed by atoms with E-state index in [1.165, 1.54) is 4.90 Å². The molecule has 3 aromatic rings. The Morgan fingerprint density at radius 3 is 2.73 bits per heavy atom. The van der Waals surface area contributed by atoms with Crippen LogP contribution in [0.5, 0.6) is 0 Å². The lowest BCUT2D eigenvalue weighted by molar-refractivity contribution is -0.141. The number of hydrogen-bond donors (Lipinski definition) is 1. The molecule has 8 nitrogen and oxygen atoms in total. The minimum absolute atomic E-state index is 0.124. The van der Waals surface area contributed by atoms with Crippen LogP contribution in [-0.2, 0) is 27.4 Å². The Morgan fingerprint density at radius 2 is 2.03 bits per heavy atom. The van der Waals surface area contributed by atoms with E-state index >= 15 is 0 Å². The van der Waals surface area contributed by atoms with Gasteiger partial charge in [0.25, 0.3) is 0 Å². The fourth-order valence-corrected chi connectivity index (χ4v) is 4.11. The number of carbonyl (C=O) groups is 2. The lowest BCUT2D eigenvalue weighted by Gasteiger charge is -2.30. The Morgan fingerprint density at radius 1 is 1.23 bits per heavy atom. The SMILES string of the molecule is CN(C)C(=O)COCC(=O)N1CCn2c(c(-c3cn[nH]c3)c3ccc(Cl)c(Cl)c32)C1. The highest BCUT2D eigenvalue weighted by Gasteiger charge is 2.28. The van der Waals surface area contributed by atoms with Gasteiger partial charge in [0.1, 0.15) is 13.2 Å². The van der Waals surface area contributed by atoms with Crippen molar-refractivity contribution in [3.8, 4) is 11.1 Å². The molecular weight excluding hydrogens is 429 g/mol. The number of aromatic nitrogens is 3. The number of halogens is 2. The molecule has 0 atom stereocenters. The fourth-order valence-electron chi connectivity index (χ4n) is 3.69. The van der Waals surface area contributed by atoms with Crippen LogP contribution in [0.3, 0.4) is 0 Å². The Hall–Kier alpha value is -2.55. The summed E-state index contributed by atoms with van der Waals surface area (Å²) in [5.74, 6) is -0.351. The Kier molecular flexibility index (Phi) is 5.73. The molecule has 0 bridgehead atoms. The number of amides is 2. The zero-order valence-corrected chi connectivity index (χ0v) is 18.1. The standard InChI is InChI=1S/C20H21Cl2N5O3/c1-25(2)16(28)10-30-11-17(29)26-5-6-27-15(9-26)18(12-7-23-24-8-12)13-3-4-14(21)19(22)20(13)27/h3-4,7-8H,5-6,9-11H2,1-2H3,(H,23,24). The van der Waals surface area contributed by atoms with Gasteiger partial charge >= 0.3 is 0 Å². The molecule has 2 amide bonds. The van der Waals surface area contributed by atoms with Gasteiger partial charge in [-0.2, -0.15) is 5.10 Å². The maximum Gasteiger partial charge on any atom is 0.249 e. The first-order valence-corrected chi connectivity index (χ1v) is 10.2. The molecule has 1 aliphatic heterocycles. The first-order valence-electron chi connectivity index (χ1n) is 9.42. The van der Waals surface area contributed by atoms with Crippen LogP contribution in [0.25, 0.3) is 22.0 Å². The van der Waals surface area contributed by atoms with Crippen LogP contribution >= 0.6 is 23.2 Å². The molecule has 158 valence electrons. The monoisotopic (exact) mass is 449 g/mol. The predicted octanol–water partition coefficient (Wildman–Crippen LogP) is 2.79. The zero-order chi connectivity index (χ0) is 21.4. The highest BCUT2D eigenvalue weighted by Crippen LogP contribution is 2.42. The van der Waals surface area contributed by atoms with E-state index < -0.39 is 0 Å². The summed E-state index contributed by atoms with van der Waals surface area (Å²) in [5, 5.41) is 8.86. The number of likely N-dealkylation sites (N-methyl/N-ethyl adjacent to an activating group) is 1. The first kappa shape index (κ1) is 20.7. The van der Waals surface area contributed by atoms with Crippen LogP contribution in [0.2, 0.25) is 10.0 Å². The molecule has 1 aliphatic rings. The lowest BCUT2D eigenvalue weighted by atomic mass is 10.0. The molecule has 0 radical (unpaired) electrons. The van der Waals surface area contributed by atoms with Crippen molar-refractivity contribution in [1.82, 2.24) is 24.6 Å². The maximum absolute atomic E-state index is 12.7. The lowest BCUT2D eigenvalue weighted by Crippen LogP contribution is -2.40. The van der Waals surface area contributed by atoms with Gasteiger partial charge in [-0.15, -0.1) is 0 Å². The fraction of sp³-hybridized carbons (Fsp3) is 0.350. The molecule has 1 N–H and O–H groups in total. The van der Waals surface area contributed by atoms with E-state index in [0.717, 1.165) is 27.7 Å². The van der Waals surface area contributed by atoms with Crippen LogP contribution in [0.4, 0.5) is 0 Å². The average molecular weight is 450 g/mol. The molecule has 30 heavy (non-hydrogen) atoms. The molecule has 1 aromatic carbocycles. The van der Waals surface area contributed by atoms with Crippen molar-refractivity contribution in [1.29, 1.82) is 0 Å². The van der Waals surface area contributed by atoms with Crippen molar-refractivity contribution in [3.05, 3.63) is 40.3 Å². The molecule has 0 saturated carbocycles. The molecule has 0 aliphatic carbocycles. The van der Waals surface area contributed by atoms with Gasteiger partial charge in [-0.1, -0.05) is 29.3 Å². The van der Waals surface area contributed by atoms with Crippen molar-refractivity contribution in [2.24, 2.45) is 0 Å². The van der Waals surface area contributed by atoms with Crippen LogP contribution in [-0.4, -0.2) is 70.2 Å². The van der Waals surface area contributed by atoms with Gasteiger partial charge < -0.3 is 19.1 Å². The summed E-state index contributed by atoms with van der Waals surface area (Å²) in [4.78, 5) is 27.5. The van der Waals surface area contributed by atoms with Gasteiger partial charge in [0.15, 0.2) is 0 Å². The zero-order valence-electron chi connectivity index (χ0n) is 16.6. The van der Waals surface area contributed by atoms with Gasteiger partial charge in [0.2, 0.25) is 11.8 Å². The molecule has 3 heterocycles. The summed E-state index contributed by atoms with van der Waals surface area (Å²) in [7, 11) is 3.29. The van der Waals surface area contributed by atoms with Crippen molar-refractivity contribution < 1.29 is 14.3 Å². The van der Waals surface area contributed by atoms with E-state index in [2.05, 4.69) is 14.8 Å². The molecule has 0 saturated heterocycles. The molecule has 0 unspecified atom stereocenters. The van der Waals surface area contributed by atoms with E-state index in [4.69, 9.17) is 27.9 Å².